The van der Waals surface area contributed by atoms with Crippen LogP contribution < -0.4 is 10.6 Å². The first-order chi connectivity index (χ1) is 24.8. The van der Waals surface area contributed by atoms with E-state index >= 15 is 0 Å². The number of alkyl halides is 1. The molecule has 0 bridgehead atoms. The molecule has 1 aromatic carbocycles. The summed E-state index contributed by atoms with van der Waals surface area (Å²) in [5.74, 6) is -0.958. The van der Waals surface area contributed by atoms with Crippen molar-refractivity contribution in [3.8, 4) is 0 Å². The van der Waals surface area contributed by atoms with E-state index in [1.54, 1.807) is 64.0 Å². The van der Waals surface area contributed by atoms with Gasteiger partial charge in [-0.05, 0) is 128 Å². The zero-order valence-electron chi connectivity index (χ0n) is 31.4. The molecule has 288 valence electrons. The first-order valence-electron chi connectivity index (χ1n) is 18.7. The lowest BCUT2D eigenvalue weighted by molar-refractivity contribution is -0.142. The van der Waals surface area contributed by atoms with Crippen molar-refractivity contribution in [2.45, 2.75) is 115 Å². The van der Waals surface area contributed by atoms with Crippen molar-refractivity contribution in [3.05, 3.63) is 30.0 Å². The lowest BCUT2D eigenvalue weighted by Crippen LogP contribution is -2.50. The number of carbonyl (C=O) groups is 4. The van der Waals surface area contributed by atoms with Gasteiger partial charge in [-0.15, -0.1) is 0 Å². The molecule has 52 heavy (non-hydrogen) atoms. The van der Waals surface area contributed by atoms with Crippen LogP contribution in [0.3, 0.4) is 0 Å². The molecule has 0 unspecified atom stereocenters. The predicted molar refractivity (Wildman–Crippen MR) is 193 cm³/mol. The minimum absolute atomic E-state index is 0.000522. The van der Waals surface area contributed by atoms with Crippen LogP contribution in [0.25, 0.3) is 11.0 Å². The quantitative estimate of drug-likeness (QED) is 0.229. The predicted octanol–water partition coefficient (Wildman–Crippen LogP) is 6.65. The number of hydrogen-bond acceptors (Lipinski definition) is 9. The summed E-state index contributed by atoms with van der Waals surface area (Å²) in [5.41, 5.74) is 0.313. The topological polar surface area (TPSA) is 146 Å². The summed E-state index contributed by atoms with van der Waals surface area (Å²) in [5, 5.41) is 6.39. The van der Waals surface area contributed by atoms with Gasteiger partial charge in [0.25, 0.3) is 0 Å². The highest BCUT2D eigenvalue weighted by molar-refractivity contribution is 6.00. The van der Waals surface area contributed by atoms with Gasteiger partial charge in [-0.2, -0.15) is 0 Å². The molecule has 2 aliphatic carbocycles. The van der Waals surface area contributed by atoms with Crippen LogP contribution in [0.15, 0.2) is 28.7 Å². The average molecular weight is 730 g/mol. The molecule has 4 atom stereocenters. The Balaban J connectivity index is 1.27. The number of carbonyl (C=O) groups excluding carboxylic acids is 4. The molecular weight excluding hydrogens is 673 g/mol. The molecular formula is C39H56FN3O9. The van der Waals surface area contributed by atoms with E-state index in [0.29, 0.717) is 48.9 Å². The van der Waals surface area contributed by atoms with Crippen molar-refractivity contribution in [2.75, 3.05) is 39.4 Å². The minimum atomic E-state index is -0.715. The number of methoxy groups -OCH3 is 2. The van der Waals surface area contributed by atoms with E-state index in [9.17, 15) is 23.6 Å². The highest BCUT2D eigenvalue weighted by atomic mass is 19.1. The molecule has 2 N–H and O–H groups in total. The molecule has 12 nitrogen and oxygen atoms in total. The van der Waals surface area contributed by atoms with E-state index in [2.05, 4.69) is 10.6 Å². The molecule has 3 amide bonds. The molecule has 1 aliphatic heterocycles. The number of anilines is 1. The number of alkyl carbamates (subject to hydrolysis) is 1. The normalized spacial score (nSPS) is 26.4. The van der Waals surface area contributed by atoms with Crippen LogP contribution >= 0.6 is 0 Å². The lowest BCUT2D eigenvalue weighted by Gasteiger charge is -2.38. The highest BCUT2D eigenvalue weighted by Gasteiger charge is 2.47. The number of furan rings is 1. The van der Waals surface area contributed by atoms with E-state index in [1.807, 2.05) is 0 Å². The van der Waals surface area contributed by atoms with E-state index in [0.717, 1.165) is 32.1 Å². The van der Waals surface area contributed by atoms with E-state index in [4.69, 9.17) is 23.4 Å². The fraction of sp³-hybridized carbons (Fsp3) is 0.692. The average Bonchev–Trinajstić information content (AvgIpc) is 3.77. The number of nitrogens with one attached hydrogen (secondary N) is 2. The summed E-state index contributed by atoms with van der Waals surface area (Å²) in [7, 11) is 3.27. The van der Waals surface area contributed by atoms with Gasteiger partial charge in [0.15, 0.2) is 0 Å². The number of amides is 3. The third-order valence-electron chi connectivity index (χ3n) is 11.0. The van der Waals surface area contributed by atoms with E-state index < -0.39 is 36.4 Å². The summed E-state index contributed by atoms with van der Waals surface area (Å²) in [6.45, 7) is 6.93. The van der Waals surface area contributed by atoms with Gasteiger partial charge in [0, 0.05) is 37.8 Å². The molecule has 3 fully saturated rings. The zero-order valence-corrected chi connectivity index (χ0v) is 31.4. The van der Waals surface area contributed by atoms with Crippen LogP contribution in [-0.2, 0) is 28.5 Å². The summed E-state index contributed by atoms with van der Waals surface area (Å²) in [6, 6.07) is 5.42. The van der Waals surface area contributed by atoms with Crippen LogP contribution in [0.5, 0.6) is 0 Å². The molecule has 1 aromatic heterocycles. The summed E-state index contributed by atoms with van der Waals surface area (Å²) in [6.07, 6.45) is 6.02. The maximum atomic E-state index is 14.3. The molecule has 0 radical (unpaired) electrons. The van der Waals surface area contributed by atoms with Crippen molar-refractivity contribution in [1.29, 1.82) is 0 Å². The maximum absolute atomic E-state index is 14.3. The maximum Gasteiger partial charge on any atom is 0.407 e. The fourth-order valence-corrected chi connectivity index (χ4v) is 8.16. The Hall–Kier alpha value is -3.71. The van der Waals surface area contributed by atoms with Crippen LogP contribution in [-0.4, -0.2) is 92.7 Å². The lowest BCUT2D eigenvalue weighted by atomic mass is 9.75. The second-order valence-electron chi connectivity index (χ2n) is 15.7. The Morgan fingerprint density at radius 1 is 0.981 bits per heavy atom. The SMILES string of the molecule is COC1CCC([C@H]2CCN(C(=O)[C@H]3CC[C@H]([C@@H](CF)NC(=O)OC(C)(C)C)CC3)[C@H]2C(=O)Nc2ccc3oc(C(=O)OC[C@H](C)OC)cc3c2)CC1. The van der Waals surface area contributed by atoms with Gasteiger partial charge in [-0.3, -0.25) is 9.59 Å². The van der Waals surface area contributed by atoms with Crippen molar-refractivity contribution < 1.29 is 46.9 Å². The van der Waals surface area contributed by atoms with Crippen LogP contribution in [0.4, 0.5) is 14.9 Å². The van der Waals surface area contributed by atoms with Crippen LogP contribution in [0.2, 0.25) is 0 Å². The Morgan fingerprint density at radius 2 is 1.69 bits per heavy atom. The third kappa shape index (κ3) is 9.83. The monoisotopic (exact) mass is 729 g/mol. The van der Waals surface area contributed by atoms with Gasteiger partial charge in [-0.1, -0.05) is 0 Å². The number of likely N-dealkylation sites (tertiary alicyclic amines) is 1. The van der Waals surface area contributed by atoms with Gasteiger partial charge in [0.2, 0.25) is 17.6 Å². The van der Waals surface area contributed by atoms with Crippen molar-refractivity contribution in [3.63, 3.8) is 0 Å². The molecule has 3 aliphatic rings. The number of nitrogens with zero attached hydrogens (tertiary/aromatic N) is 1. The van der Waals surface area contributed by atoms with Crippen molar-refractivity contribution in [1.82, 2.24) is 10.2 Å². The summed E-state index contributed by atoms with van der Waals surface area (Å²) < 4.78 is 41.2. The summed E-state index contributed by atoms with van der Waals surface area (Å²) >= 11 is 0. The largest absolute Gasteiger partial charge is 0.457 e. The minimum Gasteiger partial charge on any atom is -0.457 e. The third-order valence-corrected chi connectivity index (χ3v) is 11.0. The second-order valence-corrected chi connectivity index (χ2v) is 15.7. The number of hydrogen-bond donors (Lipinski definition) is 2. The Bertz CT molecular complexity index is 1540. The molecule has 5 rings (SSSR count). The number of ether oxygens (including phenoxy) is 4. The second kappa shape index (κ2) is 17.4. The van der Waals surface area contributed by atoms with Gasteiger partial charge < -0.3 is 38.9 Å². The van der Waals surface area contributed by atoms with E-state index in [1.165, 1.54) is 7.11 Å². The highest BCUT2D eigenvalue weighted by Crippen LogP contribution is 2.42. The number of benzene rings is 1. The fourth-order valence-electron chi connectivity index (χ4n) is 8.16. The smallest absolute Gasteiger partial charge is 0.407 e. The Kier molecular flexibility index (Phi) is 13.2. The van der Waals surface area contributed by atoms with Gasteiger partial charge in [0.1, 0.15) is 30.5 Å². The number of esters is 1. The first kappa shape index (κ1) is 39.5. The first-order valence-corrected chi connectivity index (χ1v) is 18.7. The Morgan fingerprint density at radius 3 is 2.33 bits per heavy atom. The molecule has 2 aromatic rings. The molecule has 1 saturated heterocycles. The molecule has 0 spiro atoms. The van der Waals surface area contributed by atoms with Gasteiger partial charge in [-0.25, -0.2) is 14.0 Å². The van der Waals surface area contributed by atoms with Crippen LogP contribution in [0.1, 0.15) is 96.0 Å². The molecule has 13 heteroatoms. The number of rotatable bonds is 12. The van der Waals surface area contributed by atoms with Gasteiger partial charge in [0.05, 0.1) is 18.2 Å². The molecule has 2 heterocycles. The summed E-state index contributed by atoms with van der Waals surface area (Å²) in [4.78, 5) is 55.2. The van der Waals surface area contributed by atoms with E-state index in [-0.39, 0.29) is 60.1 Å². The number of fused-ring (bicyclic) bond motifs is 1. The Labute approximate surface area is 305 Å². The van der Waals surface area contributed by atoms with Crippen molar-refractivity contribution >= 4 is 40.5 Å². The van der Waals surface area contributed by atoms with Crippen molar-refractivity contribution in [2.24, 2.45) is 23.7 Å². The molecule has 2 saturated carbocycles. The standard InChI is InChI=1S/C39H56FN3O9/c1-23(48-5)22-50-37(46)33-20-27-19-28(13-16-32(27)51-33)41-35(44)34-30(24-11-14-29(49-6)15-12-24)17-18-43(34)36(45)26-9-7-25(8-10-26)31(21-40)42-38(47)52-39(2,3)4/h13,16,19-20,23-26,29-31,34H,7-12,14-15,17-18,21-22H2,1-6H3,(H,41,44)(H,42,47)/t23-,24?,25-,26-,29?,30+,31+,34+/m0/s1. The van der Waals surface area contributed by atoms with Gasteiger partial charge >= 0.3 is 12.1 Å². The van der Waals surface area contributed by atoms with Crippen LogP contribution in [0, 0.1) is 23.7 Å². The number of halogens is 1. The zero-order chi connectivity index (χ0) is 37.6.